The van der Waals surface area contributed by atoms with Crippen molar-refractivity contribution in [2.24, 2.45) is 0 Å². The van der Waals surface area contributed by atoms with Crippen molar-refractivity contribution in [1.82, 2.24) is 4.72 Å². The zero-order chi connectivity index (χ0) is 17.0. The normalized spacial score (nSPS) is 17.8. The highest BCUT2D eigenvalue weighted by Gasteiger charge is 2.20. The molecule has 8 heteroatoms. The molecule has 2 N–H and O–H groups in total. The van der Waals surface area contributed by atoms with Crippen LogP contribution in [0.3, 0.4) is 0 Å². The van der Waals surface area contributed by atoms with E-state index in [4.69, 9.17) is 4.74 Å². The summed E-state index contributed by atoms with van der Waals surface area (Å²) in [4.78, 5) is 12.7. The van der Waals surface area contributed by atoms with Gasteiger partial charge in [0.2, 0.25) is 10.0 Å². The molecule has 0 radical (unpaired) electrons. The number of benzene rings is 1. The van der Waals surface area contributed by atoms with Crippen LogP contribution in [0.15, 0.2) is 46.7 Å². The van der Waals surface area contributed by atoms with Gasteiger partial charge in [0.15, 0.2) is 0 Å². The second kappa shape index (κ2) is 7.43. The zero-order valence-corrected chi connectivity index (χ0v) is 14.5. The van der Waals surface area contributed by atoms with E-state index in [2.05, 4.69) is 10.0 Å². The second-order valence-corrected chi connectivity index (χ2v) is 8.16. The highest BCUT2D eigenvalue weighted by atomic mass is 32.2. The van der Waals surface area contributed by atoms with E-state index < -0.39 is 10.0 Å². The van der Waals surface area contributed by atoms with E-state index in [1.54, 1.807) is 24.3 Å². The minimum atomic E-state index is -3.58. The van der Waals surface area contributed by atoms with E-state index in [1.807, 2.05) is 5.38 Å². The van der Waals surface area contributed by atoms with E-state index in [0.717, 1.165) is 12.8 Å². The Morgan fingerprint density at radius 1 is 1.25 bits per heavy atom. The molecule has 1 aromatic carbocycles. The number of amides is 1. The first-order valence-electron chi connectivity index (χ1n) is 7.61. The van der Waals surface area contributed by atoms with Gasteiger partial charge in [0.05, 0.1) is 15.9 Å². The smallest absolute Gasteiger partial charge is 0.265 e. The van der Waals surface area contributed by atoms with Crippen LogP contribution in [-0.4, -0.2) is 33.6 Å². The quantitative estimate of drug-likeness (QED) is 0.822. The molecule has 6 nitrogen and oxygen atoms in total. The van der Waals surface area contributed by atoms with Crippen LogP contribution in [0, 0.1) is 0 Å². The largest absolute Gasteiger partial charge is 0.377 e. The number of hydrogen-bond donors (Lipinski definition) is 2. The van der Waals surface area contributed by atoms with Crippen LogP contribution in [0.5, 0.6) is 0 Å². The molecule has 0 spiro atoms. The number of thiophene rings is 1. The Morgan fingerprint density at radius 3 is 2.67 bits per heavy atom. The van der Waals surface area contributed by atoms with Crippen molar-refractivity contribution in [2.75, 3.05) is 18.5 Å². The molecule has 1 aliphatic heterocycles. The lowest BCUT2D eigenvalue weighted by atomic mass is 10.2. The molecule has 1 fully saturated rings. The standard InChI is InChI=1S/C16H18N2O4S2/c19-16(15-4-2-10-23-15)18-12-5-7-14(8-6-12)24(20,21)17-11-13-3-1-9-22-13/h2,4-8,10,13,17H,1,3,9,11H2,(H,18,19)/t13-/m1/s1. The van der Waals surface area contributed by atoms with Gasteiger partial charge in [-0.2, -0.15) is 0 Å². The Hall–Kier alpha value is -1.74. The van der Waals surface area contributed by atoms with Gasteiger partial charge in [0.1, 0.15) is 0 Å². The van der Waals surface area contributed by atoms with Gasteiger partial charge in [-0.25, -0.2) is 13.1 Å². The lowest BCUT2D eigenvalue weighted by molar-refractivity contribution is 0.103. The Balaban J connectivity index is 1.61. The molecule has 24 heavy (non-hydrogen) atoms. The molecular formula is C16H18N2O4S2. The van der Waals surface area contributed by atoms with Gasteiger partial charge in [-0.15, -0.1) is 11.3 Å². The summed E-state index contributed by atoms with van der Waals surface area (Å²) in [6, 6.07) is 9.63. The Morgan fingerprint density at radius 2 is 2.04 bits per heavy atom. The fraction of sp³-hybridized carbons (Fsp3) is 0.312. The van der Waals surface area contributed by atoms with Crippen molar-refractivity contribution in [2.45, 2.75) is 23.8 Å². The topological polar surface area (TPSA) is 84.5 Å². The maximum Gasteiger partial charge on any atom is 0.265 e. The number of ether oxygens (including phenoxy) is 1. The SMILES string of the molecule is O=C(Nc1ccc(S(=O)(=O)NC[C@H]2CCCO2)cc1)c1cccs1. The average Bonchev–Trinajstić information content (AvgIpc) is 3.27. The van der Waals surface area contributed by atoms with E-state index >= 15 is 0 Å². The molecule has 0 bridgehead atoms. The van der Waals surface area contributed by atoms with Gasteiger partial charge in [-0.05, 0) is 48.6 Å². The summed E-state index contributed by atoms with van der Waals surface area (Å²) in [5, 5.41) is 4.56. The number of carbonyl (C=O) groups is 1. The van der Waals surface area contributed by atoms with Crippen LogP contribution in [0.1, 0.15) is 22.5 Å². The van der Waals surface area contributed by atoms with E-state index in [1.165, 1.54) is 23.5 Å². The first kappa shape index (κ1) is 17.1. The lowest BCUT2D eigenvalue weighted by Gasteiger charge is -2.12. The molecule has 0 aliphatic carbocycles. The molecular weight excluding hydrogens is 348 g/mol. The van der Waals surface area contributed by atoms with Gasteiger partial charge in [-0.3, -0.25) is 4.79 Å². The van der Waals surface area contributed by atoms with Crippen molar-refractivity contribution in [3.63, 3.8) is 0 Å². The maximum absolute atomic E-state index is 12.3. The predicted octanol–water partition coefficient (Wildman–Crippen LogP) is 2.46. The second-order valence-electron chi connectivity index (χ2n) is 5.44. The van der Waals surface area contributed by atoms with Crippen LogP contribution in [0.25, 0.3) is 0 Å². The third kappa shape index (κ3) is 4.21. The van der Waals surface area contributed by atoms with Gasteiger partial charge in [-0.1, -0.05) is 6.07 Å². The third-order valence-electron chi connectivity index (χ3n) is 3.69. The van der Waals surface area contributed by atoms with Crippen molar-refractivity contribution < 1.29 is 17.9 Å². The van der Waals surface area contributed by atoms with Crippen LogP contribution in [0.4, 0.5) is 5.69 Å². The number of anilines is 1. The maximum atomic E-state index is 12.3. The average molecular weight is 366 g/mol. The monoisotopic (exact) mass is 366 g/mol. The zero-order valence-electron chi connectivity index (χ0n) is 12.9. The highest BCUT2D eigenvalue weighted by molar-refractivity contribution is 7.89. The molecule has 0 unspecified atom stereocenters. The Labute approximate surface area is 144 Å². The Bertz CT molecular complexity index is 780. The van der Waals surface area contributed by atoms with E-state index in [9.17, 15) is 13.2 Å². The van der Waals surface area contributed by atoms with E-state index in [-0.39, 0.29) is 23.5 Å². The summed E-state index contributed by atoms with van der Waals surface area (Å²) in [5.74, 6) is -0.211. The summed E-state index contributed by atoms with van der Waals surface area (Å²) in [6.07, 6.45) is 1.78. The van der Waals surface area contributed by atoms with Crippen LogP contribution >= 0.6 is 11.3 Å². The summed E-state index contributed by atoms with van der Waals surface area (Å²) in [5.41, 5.74) is 0.548. The lowest BCUT2D eigenvalue weighted by Crippen LogP contribution is -2.31. The van der Waals surface area contributed by atoms with Gasteiger partial charge in [0.25, 0.3) is 5.91 Å². The summed E-state index contributed by atoms with van der Waals surface area (Å²) >= 11 is 1.35. The van der Waals surface area contributed by atoms with Crippen LogP contribution in [0.2, 0.25) is 0 Å². The Kier molecular flexibility index (Phi) is 5.30. The molecule has 1 atom stereocenters. The van der Waals surface area contributed by atoms with Crippen molar-refractivity contribution in [1.29, 1.82) is 0 Å². The van der Waals surface area contributed by atoms with Crippen molar-refractivity contribution >= 4 is 33.0 Å². The molecule has 128 valence electrons. The first-order chi connectivity index (χ1) is 11.5. The van der Waals surface area contributed by atoms with Crippen molar-refractivity contribution in [3.05, 3.63) is 46.7 Å². The number of carbonyl (C=O) groups excluding carboxylic acids is 1. The molecule has 1 saturated heterocycles. The minimum Gasteiger partial charge on any atom is -0.377 e. The number of sulfonamides is 1. The van der Waals surface area contributed by atoms with Gasteiger partial charge >= 0.3 is 0 Å². The molecule has 2 heterocycles. The number of hydrogen-bond acceptors (Lipinski definition) is 5. The molecule has 1 aromatic heterocycles. The first-order valence-corrected chi connectivity index (χ1v) is 9.97. The molecule has 3 rings (SSSR count). The van der Waals surface area contributed by atoms with Crippen LogP contribution in [-0.2, 0) is 14.8 Å². The van der Waals surface area contributed by atoms with Crippen LogP contribution < -0.4 is 10.0 Å². The minimum absolute atomic E-state index is 0.0517. The fourth-order valence-electron chi connectivity index (χ4n) is 2.41. The third-order valence-corrected chi connectivity index (χ3v) is 6.00. The molecule has 2 aromatic rings. The fourth-order valence-corrected chi connectivity index (χ4v) is 4.09. The molecule has 0 saturated carbocycles. The van der Waals surface area contributed by atoms with Gasteiger partial charge < -0.3 is 10.1 Å². The van der Waals surface area contributed by atoms with E-state index in [0.29, 0.717) is 17.2 Å². The highest BCUT2D eigenvalue weighted by Crippen LogP contribution is 2.17. The molecule has 1 amide bonds. The predicted molar refractivity (Wildman–Crippen MR) is 92.9 cm³/mol. The number of nitrogens with one attached hydrogen (secondary N) is 2. The molecule has 1 aliphatic rings. The summed E-state index contributed by atoms with van der Waals surface area (Å²) in [6.45, 7) is 0.963. The van der Waals surface area contributed by atoms with Gasteiger partial charge in [0, 0.05) is 18.8 Å². The number of rotatable bonds is 6. The summed E-state index contributed by atoms with van der Waals surface area (Å²) < 4.78 is 32.5. The summed E-state index contributed by atoms with van der Waals surface area (Å²) in [7, 11) is -3.58. The van der Waals surface area contributed by atoms with Crippen molar-refractivity contribution in [3.8, 4) is 0 Å².